The minimum Gasteiger partial charge on any atom is -0.322 e. The average Bonchev–Trinajstić information content (AvgIpc) is 2.40. The molecular weight excluding hydrogens is 269 g/mol. The van der Waals surface area contributed by atoms with Gasteiger partial charge in [0.15, 0.2) is 0 Å². The molecule has 2 aromatic rings. The van der Waals surface area contributed by atoms with E-state index in [2.05, 4.69) is 10.3 Å². The fraction of sp³-hybridized carbons (Fsp3) is 0.143. The third-order valence-corrected chi connectivity index (χ3v) is 2.81. The van der Waals surface area contributed by atoms with E-state index in [1.165, 1.54) is 37.5 Å². The van der Waals surface area contributed by atoms with Crippen LogP contribution in [-0.2, 0) is 6.18 Å². The molecule has 1 aromatic heterocycles. The fourth-order valence-corrected chi connectivity index (χ4v) is 1.77. The first-order chi connectivity index (χ1) is 9.39. The van der Waals surface area contributed by atoms with Gasteiger partial charge in [0.2, 0.25) is 0 Å². The lowest BCUT2D eigenvalue weighted by atomic mass is 10.1. The highest BCUT2D eigenvalue weighted by atomic mass is 19.4. The molecule has 0 saturated carbocycles. The Balaban J connectivity index is 2.29. The molecule has 0 fully saturated rings. The lowest BCUT2D eigenvalue weighted by molar-refractivity contribution is -0.138. The molecule has 0 aliphatic heterocycles. The summed E-state index contributed by atoms with van der Waals surface area (Å²) in [5.41, 5.74) is -0.364. The second-order valence-corrected chi connectivity index (χ2v) is 4.17. The van der Waals surface area contributed by atoms with Gasteiger partial charge in [0, 0.05) is 18.1 Å². The first-order valence-electron chi connectivity index (χ1n) is 5.78. The summed E-state index contributed by atoms with van der Waals surface area (Å²) in [6, 6.07) is 6.78. The van der Waals surface area contributed by atoms with Crippen LogP contribution >= 0.6 is 0 Å². The van der Waals surface area contributed by atoms with Crippen LogP contribution in [0.1, 0.15) is 21.5 Å². The monoisotopic (exact) mass is 280 g/mol. The van der Waals surface area contributed by atoms with Crippen molar-refractivity contribution in [1.29, 1.82) is 0 Å². The average molecular weight is 280 g/mol. The summed E-state index contributed by atoms with van der Waals surface area (Å²) >= 11 is 0. The number of carbonyl (C=O) groups excluding carboxylic acids is 1. The lowest BCUT2D eigenvalue weighted by Gasteiger charge is -2.14. The van der Waals surface area contributed by atoms with Crippen molar-refractivity contribution in [2.75, 3.05) is 5.32 Å². The molecule has 0 unspecified atom stereocenters. The molecule has 1 heterocycles. The predicted molar refractivity (Wildman–Crippen MR) is 68.4 cm³/mol. The van der Waals surface area contributed by atoms with Crippen molar-refractivity contribution in [3.8, 4) is 0 Å². The van der Waals surface area contributed by atoms with Crippen molar-refractivity contribution in [1.82, 2.24) is 4.98 Å². The minimum absolute atomic E-state index is 0.0164. The van der Waals surface area contributed by atoms with Gasteiger partial charge in [-0.15, -0.1) is 0 Å². The first kappa shape index (κ1) is 14.0. The molecule has 1 aromatic carbocycles. The number of anilines is 1. The summed E-state index contributed by atoms with van der Waals surface area (Å²) < 4.78 is 38.3. The van der Waals surface area contributed by atoms with Crippen LogP contribution in [0.25, 0.3) is 0 Å². The topological polar surface area (TPSA) is 42.0 Å². The molecule has 0 aliphatic rings. The number of halogens is 3. The number of nitrogens with one attached hydrogen (secondary N) is 1. The van der Waals surface area contributed by atoms with E-state index in [0.717, 1.165) is 6.07 Å². The van der Waals surface area contributed by atoms with E-state index in [4.69, 9.17) is 0 Å². The van der Waals surface area contributed by atoms with Gasteiger partial charge < -0.3 is 5.32 Å². The van der Waals surface area contributed by atoms with Gasteiger partial charge in [0.25, 0.3) is 5.91 Å². The van der Waals surface area contributed by atoms with Crippen LogP contribution in [0.3, 0.4) is 0 Å². The summed E-state index contributed by atoms with van der Waals surface area (Å²) in [5.74, 6) is -0.500. The molecular formula is C14H11F3N2O. The van der Waals surface area contributed by atoms with E-state index in [9.17, 15) is 18.0 Å². The molecule has 0 saturated heterocycles. The van der Waals surface area contributed by atoms with E-state index in [1.807, 2.05) is 0 Å². The van der Waals surface area contributed by atoms with Gasteiger partial charge in [-0.05, 0) is 36.8 Å². The van der Waals surface area contributed by atoms with Crippen molar-refractivity contribution in [3.05, 3.63) is 59.4 Å². The van der Waals surface area contributed by atoms with Crippen LogP contribution < -0.4 is 5.32 Å². The van der Waals surface area contributed by atoms with Gasteiger partial charge in [0.05, 0.1) is 11.1 Å². The van der Waals surface area contributed by atoms with E-state index in [-0.39, 0.29) is 16.8 Å². The summed E-state index contributed by atoms with van der Waals surface area (Å²) in [4.78, 5) is 15.7. The molecule has 20 heavy (non-hydrogen) atoms. The number of benzene rings is 1. The summed E-state index contributed by atoms with van der Waals surface area (Å²) in [6.07, 6.45) is -1.59. The number of hydrogen-bond acceptors (Lipinski definition) is 2. The Hall–Kier alpha value is -2.37. The molecule has 1 N–H and O–H groups in total. The standard InChI is InChI=1S/C14H11F3N2O/c1-9-11(14(15,16)17)5-2-6-12(9)19-13(20)10-4-3-7-18-8-10/h2-8H,1H3,(H,19,20). The Morgan fingerprint density at radius 3 is 2.55 bits per heavy atom. The Morgan fingerprint density at radius 1 is 1.20 bits per heavy atom. The molecule has 0 aliphatic carbocycles. The third kappa shape index (κ3) is 2.96. The van der Waals surface area contributed by atoms with Gasteiger partial charge in [0.1, 0.15) is 0 Å². The summed E-state index contributed by atoms with van der Waals surface area (Å²) in [5, 5.41) is 2.46. The molecule has 1 amide bonds. The van der Waals surface area contributed by atoms with Crippen molar-refractivity contribution < 1.29 is 18.0 Å². The van der Waals surface area contributed by atoms with E-state index in [0.29, 0.717) is 0 Å². The number of pyridine rings is 1. The smallest absolute Gasteiger partial charge is 0.322 e. The number of aromatic nitrogens is 1. The Labute approximate surface area is 113 Å². The predicted octanol–water partition coefficient (Wildman–Crippen LogP) is 3.66. The largest absolute Gasteiger partial charge is 0.416 e. The molecule has 6 heteroatoms. The number of amides is 1. The van der Waals surface area contributed by atoms with Crippen LogP contribution in [0.4, 0.5) is 18.9 Å². The van der Waals surface area contributed by atoms with Crippen molar-refractivity contribution in [3.63, 3.8) is 0 Å². The van der Waals surface area contributed by atoms with E-state index in [1.54, 1.807) is 6.07 Å². The van der Waals surface area contributed by atoms with E-state index < -0.39 is 17.6 Å². The SMILES string of the molecule is Cc1c(NC(=O)c2cccnc2)cccc1C(F)(F)F. The number of nitrogens with zero attached hydrogens (tertiary/aromatic N) is 1. The van der Waals surface area contributed by atoms with E-state index >= 15 is 0 Å². The molecule has 0 spiro atoms. The maximum Gasteiger partial charge on any atom is 0.416 e. The quantitative estimate of drug-likeness (QED) is 0.912. The van der Waals surface area contributed by atoms with Crippen LogP contribution in [0.5, 0.6) is 0 Å². The Morgan fingerprint density at radius 2 is 1.95 bits per heavy atom. The van der Waals surface area contributed by atoms with Gasteiger partial charge >= 0.3 is 6.18 Å². The second kappa shape index (κ2) is 5.32. The van der Waals surface area contributed by atoms with Crippen LogP contribution in [0.15, 0.2) is 42.7 Å². The number of alkyl halides is 3. The van der Waals surface area contributed by atoms with Crippen molar-refractivity contribution in [2.45, 2.75) is 13.1 Å². The molecule has 2 rings (SSSR count). The minimum atomic E-state index is -4.45. The van der Waals surface area contributed by atoms with Crippen LogP contribution in [-0.4, -0.2) is 10.9 Å². The number of carbonyl (C=O) groups is 1. The number of hydrogen-bond donors (Lipinski definition) is 1. The van der Waals surface area contributed by atoms with Gasteiger partial charge in [-0.1, -0.05) is 6.07 Å². The molecule has 0 bridgehead atoms. The lowest BCUT2D eigenvalue weighted by Crippen LogP contribution is -2.15. The van der Waals surface area contributed by atoms with Crippen molar-refractivity contribution >= 4 is 11.6 Å². The number of rotatable bonds is 2. The summed E-state index contributed by atoms with van der Waals surface area (Å²) in [7, 11) is 0. The highest BCUT2D eigenvalue weighted by Gasteiger charge is 2.33. The zero-order chi connectivity index (χ0) is 14.8. The molecule has 0 radical (unpaired) electrons. The van der Waals surface area contributed by atoms with Gasteiger partial charge in [-0.3, -0.25) is 9.78 Å². The normalized spacial score (nSPS) is 11.2. The fourth-order valence-electron chi connectivity index (χ4n) is 1.77. The van der Waals surface area contributed by atoms with Gasteiger partial charge in [-0.2, -0.15) is 13.2 Å². The molecule has 3 nitrogen and oxygen atoms in total. The highest BCUT2D eigenvalue weighted by molar-refractivity contribution is 6.04. The van der Waals surface area contributed by atoms with Crippen molar-refractivity contribution in [2.24, 2.45) is 0 Å². The zero-order valence-corrected chi connectivity index (χ0v) is 10.5. The maximum absolute atomic E-state index is 12.8. The Bertz CT molecular complexity index is 624. The second-order valence-electron chi connectivity index (χ2n) is 4.17. The highest BCUT2D eigenvalue weighted by Crippen LogP contribution is 2.34. The summed E-state index contributed by atoms with van der Waals surface area (Å²) in [6.45, 7) is 1.32. The maximum atomic E-state index is 12.8. The zero-order valence-electron chi connectivity index (χ0n) is 10.5. The van der Waals surface area contributed by atoms with Crippen LogP contribution in [0.2, 0.25) is 0 Å². The van der Waals surface area contributed by atoms with Gasteiger partial charge in [-0.25, -0.2) is 0 Å². The Kier molecular flexibility index (Phi) is 3.74. The van der Waals surface area contributed by atoms with Crippen LogP contribution in [0, 0.1) is 6.92 Å². The third-order valence-electron chi connectivity index (χ3n) is 2.81. The molecule has 104 valence electrons. The first-order valence-corrected chi connectivity index (χ1v) is 5.78. The molecule has 0 atom stereocenters.